The third-order valence-electron chi connectivity index (χ3n) is 7.01. The number of hydrogen-bond acceptors (Lipinski definition) is 3. The van der Waals surface area contributed by atoms with Crippen molar-refractivity contribution in [3.8, 4) is 0 Å². The fourth-order valence-corrected chi connectivity index (χ4v) is 4.85. The summed E-state index contributed by atoms with van der Waals surface area (Å²) >= 11 is 0. The molecule has 1 fully saturated rings. The summed E-state index contributed by atoms with van der Waals surface area (Å²) in [6, 6.07) is 21.7. The molecule has 0 radical (unpaired) electrons. The Labute approximate surface area is 220 Å². The van der Waals surface area contributed by atoms with Crippen molar-refractivity contribution in [2.24, 2.45) is 5.92 Å². The molecular formula is C31H38N4O2. The Kier molecular flexibility index (Phi) is 8.49. The molecule has 3 amide bonds. The maximum absolute atomic E-state index is 13.2. The van der Waals surface area contributed by atoms with Crippen LogP contribution in [0.25, 0.3) is 0 Å². The quantitative estimate of drug-likeness (QED) is 0.346. The van der Waals surface area contributed by atoms with E-state index in [1.54, 1.807) is 6.07 Å². The van der Waals surface area contributed by atoms with Gasteiger partial charge >= 0.3 is 6.03 Å². The molecule has 0 spiro atoms. The zero-order valence-electron chi connectivity index (χ0n) is 22.3. The predicted molar refractivity (Wildman–Crippen MR) is 153 cm³/mol. The number of amides is 3. The second-order valence-corrected chi connectivity index (χ2v) is 10.4. The van der Waals surface area contributed by atoms with Gasteiger partial charge in [-0.3, -0.25) is 4.79 Å². The largest absolute Gasteiger partial charge is 0.371 e. The number of aryl methyl sites for hydroxylation is 2. The van der Waals surface area contributed by atoms with Gasteiger partial charge in [-0.15, -0.1) is 0 Å². The van der Waals surface area contributed by atoms with Crippen LogP contribution >= 0.6 is 0 Å². The van der Waals surface area contributed by atoms with Gasteiger partial charge in [-0.25, -0.2) is 4.79 Å². The van der Waals surface area contributed by atoms with Gasteiger partial charge < -0.3 is 20.9 Å². The zero-order chi connectivity index (χ0) is 26.4. The summed E-state index contributed by atoms with van der Waals surface area (Å²) < 4.78 is 0. The van der Waals surface area contributed by atoms with E-state index in [9.17, 15) is 9.59 Å². The highest BCUT2D eigenvalue weighted by molar-refractivity contribution is 6.04. The van der Waals surface area contributed by atoms with Crippen molar-refractivity contribution in [1.82, 2.24) is 5.32 Å². The SMILES string of the molecule is Cc1ccc(NC(=O)Nc2ccc(N3CCC(Cc4ccccc4)CC3)c(C(=O)NC(C)C)c2)cc1C. The van der Waals surface area contributed by atoms with E-state index in [1.807, 2.05) is 58.0 Å². The molecule has 6 heteroatoms. The lowest BCUT2D eigenvalue weighted by Crippen LogP contribution is -2.37. The number of anilines is 3. The molecule has 0 aliphatic carbocycles. The van der Waals surface area contributed by atoms with Crippen molar-refractivity contribution in [2.75, 3.05) is 28.6 Å². The maximum Gasteiger partial charge on any atom is 0.323 e. The zero-order valence-corrected chi connectivity index (χ0v) is 22.3. The van der Waals surface area contributed by atoms with Crippen LogP contribution in [0.5, 0.6) is 0 Å². The first-order valence-corrected chi connectivity index (χ1v) is 13.2. The maximum atomic E-state index is 13.2. The Balaban J connectivity index is 1.46. The number of nitrogens with one attached hydrogen (secondary N) is 3. The number of urea groups is 1. The van der Waals surface area contributed by atoms with Crippen LogP contribution in [0, 0.1) is 19.8 Å². The van der Waals surface area contributed by atoms with Crippen LogP contribution in [-0.4, -0.2) is 31.1 Å². The fourth-order valence-electron chi connectivity index (χ4n) is 4.85. The average Bonchev–Trinajstić information content (AvgIpc) is 2.87. The third-order valence-corrected chi connectivity index (χ3v) is 7.01. The lowest BCUT2D eigenvalue weighted by atomic mass is 9.89. The van der Waals surface area contributed by atoms with Gasteiger partial charge in [-0.2, -0.15) is 0 Å². The number of carbonyl (C=O) groups is 2. The van der Waals surface area contributed by atoms with Gasteiger partial charge in [0.05, 0.1) is 5.56 Å². The number of nitrogens with zero attached hydrogens (tertiary/aromatic N) is 1. The van der Waals surface area contributed by atoms with Crippen molar-refractivity contribution in [3.63, 3.8) is 0 Å². The smallest absolute Gasteiger partial charge is 0.323 e. The first-order chi connectivity index (χ1) is 17.8. The summed E-state index contributed by atoms with van der Waals surface area (Å²) in [6.07, 6.45) is 3.25. The average molecular weight is 499 g/mol. The third kappa shape index (κ3) is 7.13. The molecule has 4 rings (SSSR count). The number of carbonyl (C=O) groups excluding carboxylic acids is 2. The van der Waals surface area contributed by atoms with E-state index >= 15 is 0 Å². The van der Waals surface area contributed by atoms with Crippen LogP contribution < -0.4 is 20.9 Å². The molecule has 1 heterocycles. The monoisotopic (exact) mass is 498 g/mol. The standard InChI is InChI=1S/C31H38N4O2/c1-21(2)32-30(36)28-20-27(34-31(37)33-26-11-10-22(3)23(4)18-26)12-13-29(28)35-16-14-25(15-17-35)19-24-8-6-5-7-9-24/h5-13,18,20-21,25H,14-17,19H2,1-4H3,(H,32,36)(H2,33,34,37). The molecular weight excluding hydrogens is 460 g/mol. The molecule has 1 saturated heterocycles. The number of benzene rings is 3. The van der Waals surface area contributed by atoms with E-state index in [1.165, 1.54) is 11.1 Å². The molecule has 0 saturated carbocycles. The molecule has 6 nitrogen and oxygen atoms in total. The van der Waals surface area contributed by atoms with Crippen LogP contribution in [0.2, 0.25) is 0 Å². The van der Waals surface area contributed by atoms with Crippen LogP contribution in [0.1, 0.15) is 53.7 Å². The van der Waals surface area contributed by atoms with Gasteiger partial charge in [0, 0.05) is 36.2 Å². The summed E-state index contributed by atoms with van der Waals surface area (Å²) in [7, 11) is 0. The van der Waals surface area contributed by atoms with E-state index in [2.05, 4.69) is 51.2 Å². The molecule has 3 aromatic carbocycles. The highest BCUT2D eigenvalue weighted by atomic mass is 16.2. The van der Waals surface area contributed by atoms with E-state index < -0.39 is 0 Å². The predicted octanol–water partition coefficient (Wildman–Crippen LogP) is 6.54. The molecule has 37 heavy (non-hydrogen) atoms. The lowest BCUT2D eigenvalue weighted by Gasteiger charge is -2.35. The van der Waals surface area contributed by atoms with Gasteiger partial charge in [-0.1, -0.05) is 36.4 Å². The Morgan fingerprint density at radius 2 is 1.51 bits per heavy atom. The van der Waals surface area contributed by atoms with E-state index in [4.69, 9.17) is 0 Å². The minimum Gasteiger partial charge on any atom is -0.371 e. The van der Waals surface area contributed by atoms with Crippen molar-refractivity contribution in [3.05, 3.63) is 89.0 Å². The molecule has 0 unspecified atom stereocenters. The van der Waals surface area contributed by atoms with Crippen molar-refractivity contribution >= 4 is 29.0 Å². The Hall–Kier alpha value is -3.80. The van der Waals surface area contributed by atoms with Crippen LogP contribution in [0.4, 0.5) is 21.9 Å². The van der Waals surface area contributed by atoms with E-state index in [0.717, 1.165) is 49.3 Å². The first-order valence-electron chi connectivity index (χ1n) is 13.2. The van der Waals surface area contributed by atoms with Crippen molar-refractivity contribution < 1.29 is 9.59 Å². The topological polar surface area (TPSA) is 73.5 Å². The number of piperidine rings is 1. The Bertz CT molecular complexity index is 1230. The molecule has 3 aromatic rings. The molecule has 1 aliphatic heterocycles. The number of hydrogen-bond donors (Lipinski definition) is 3. The normalized spacial score (nSPS) is 13.9. The Morgan fingerprint density at radius 3 is 2.16 bits per heavy atom. The highest BCUT2D eigenvalue weighted by Crippen LogP contribution is 2.30. The van der Waals surface area contributed by atoms with Gasteiger partial charge in [0.15, 0.2) is 0 Å². The summed E-state index contributed by atoms with van der Waals surface area (Å²) in [5.41, 5.74) is 6.48. The molecule has 0 bridgehead atoms. The molecule has 0 atom stereocenters. The first kappa shape index (κ1) is 26.3. The lowest BCUT2D eigenvalue weighted by molar-refractivity contribution is 0.0943. The van der Waals surface area contributed by atoms with Crippen LogP contribution in [0.15, 0.2) is 66.7 Å². The second-order valence-electron chi connectivity index (χ2n) is 10.4. The number of rotatable bonds is 7. The molecule has 3 N–H and O–H groups in total. The molecule has 194 valence electrons. The van der Waals surface area contributed by atoms with Gasteiger partial charge in [-0.05, 0) is 99.9 Å². The van der Waals surface area contributed by atoms with Crippen molar-refractivity contribution in [1.29, 1.82) is 0 Å². The molecule has 1 aliphatic rings. The summed E-state index contributed by atoms with van der Waals surface area (Å²) in [6.45, 7) is 9.76. The second kappa shape index (κ2) is 12.0. The van der Waals surface area contributed by atoms with Crippen LogP contribution in [-0.2, 0) is 6.42 Å². The highest BCUT2D eigenvalue weighted by Gasteiger charge is 2.24. The summed E-state index contributed by atoms with van der Waals surface area (Å²) in [4.78, 5) is 28.1. The fraction of sp³-hybridized carbons (Fsp3) is 0.355. The van der Waals surface area contributed by atoms with Gasteiger partial charge in [0.25, 0.3) is 5.91 Å². The van der Waals surface area contributed by atoms with E-state index in [-0.39, 0.29) is 18.0 Å². The summed E-state index contributed by atoms with van der Waals surface area (Å²) in [5, 5.41) is 8.79. The Morgan fingerprint density at radius 1 is 0.865 bits per heavy atom. The van der Waals surface area contributed by atoms with Gasteiger partial charge in [0.2, 0.25) is 0 Å². The minimum atomic E-state index is -0.340. The van der Waals surface area contributed by atoms with Gasteiger partial charge in [0.1, 0.15) is 0 Å². The molecule has 0 aromatic heterocycles. The van der Waals surface area contributed by atoms with E-state index in [0.29, 0.717) is 17.2 Å². The van der Waals surface area contributed by atoms with Crippen molar-refractivity contribution in [2.45, 2.75) is 53.0 Å². The summed E-state index contributed by atoms with van der Waals surface area (Å²) in [5.74, 6) is 0.510. The van der Waals surface area contributed by atoms with Crippen LogP contribution in [0.3, 0.4) is 0 Å². The minimum absolute atomic E-state index is 0.0154.